The van der Waals surface area contributed by atoms with Crippen molar-refractivity contribution in [2.24, 2.45) is 17.7 Å². The van der Waals surface area contributed by atoms with Crippen LogP contribution in [0.1, 0.15) is 51.4 Å². The average molecular weight is 252 g/mol. The minimum atomic E-state index is 0.0948. The Balaban J connectivity index is 2.35. The second kappa shape index (κ2) is 5.28. The fraction of sp³-hybridized carbons (Fsp3) is 0.769. The van der Waals surface area contributed by atoms with Gasteiger partial charge in [0.15, 0.2) is 5.75 Å². The third-order valence-corrected chi connectivity index (χ3v) is 3.87. The molecule has 0 aliphatic heterocycles. The Morgan fingerprint density at radius 1 is 1.44 bits per heavy atom. The molecule has 5 heteroatoms. The van der Waals surface area contributed by atoms with E-state index in [0.29, 0.717) is 12.0 Å². The van der Waals surface area contributed by atoms with Gasteiger partial charge in [0.2, 0.25) is 0 Å². The van der Waals surface area contributed by atoms with Gasteiger partial charge in [-0.2, -0.15) is 5.10 Å². The number of nitrogens with zero attached hydrogens (tertiary/aromatic N) is 2. The number of ether oxygens (including phenoxy) is 1. The van der Waals surface area contributed by atoms with E-state index in [1.165, 1.54) is 12.8 Å². The van der Waals surface area contributed by atoms with Gasteiger partial charge in [-0.15, -0.1) is 0 Å². The second-order valence-electron chi connectivity index (χ2n) is 5.48. The van der Waals surface area contributed by atoms with Crippen LogP contribution in [0.5, 0.6) is 5.75 Å². The smallest absolute Gasteiger partial charge is 0.161 e. The highest BCUT2D eigenvalue weighted by molar-refractivity contribution is 5.29. The van der Waals surface area contributed by atoms with Gasteiger partial charge in [0.25, 0.3) is 0 Å². The molecule has 1 saturated carbocycles. The monoisotopic (exact) mass is 252 g/mol. The van der Waals surface area contributed by atoms with Crippen LogP contribution in [0.4, 0.5) is 0 Å². The van der Waals surface area contributed by atoms with E-state index in [1.807, 2.05) is 4.68 Å². The number of methoxy groups -OCH3 is 1. The summed E-state index contributed by atoms with van der Waals surface area (Å²) >= 11 is 0. The van der Waals surface area contributed by atoms with Crippen LogP contribution in [-0.2, 0) is 0 Å². The summed E-state index contributed by atoms with van der Waals surface area (Å²) in [7, 11) is 1.68. The van der Waals surface area contributed by atoms with E-state index in [2.05, 4.69) is 31.3 Å². The van der Waals surface area contributed by atoms with Crippen molar-refractivity contribution in [3.8, 4) is 5.75 Å². The molecule has 1 aromatic rings. The summed E-state index contributed by atoms with van der Waals surface area (Å²) in [6.07, 6.45) is 4.38. The maximum Gasteiger partial charge on any atom is 0.161 e. The van der Waals surface area contributed by atoms with Crippen LogP contribution in [0.15, 0.2) is 6.20 Å². The summed E-state index contributed by atoms with van der Waals surface area (Å²) < 4.78 is 7.43. The van der Waals surface area contributed by atoms with Gasteiger partial charge in [-0.25, -0.2) is 0 Å². The summed E-state index contributed by atoms with van der Waals surface area (Å²) in [4.78, 5) is 0. The minimum Gasteiger partial charge on any atom is -0.493 e. The predicted molar refractivity (Wildman–Crippen MR) is 71.1 cm³/mol. The number of nitrogens with one attached hydrogen (secondary N) is 1. The van der Waals surface area contributed by atoms with Crippen molar-refractivity contribution >= 4 is 0 Å². The van der Waals surface area contributed by atoms with E-state index in [1.54, 1.807) is 13.3 Å². The molecule has 1 heterocycles. The zero-order valence-corrected chi connectivity index (χ0v) is 11.7. The van der Waals surface area contributed by atoms with Crippen molar-refractivity contribution in [2.75, 3.05) is 7.11 Å². The molecule has 1 aliphatic carbocycles. The first-order chi connectivity index (χ1) is 8.60. The Kier molecular flexibility index (Phi) is 3.92. The number of rotatable bonds is 6. The first kappa shape index (κ1) is 13.4. The molecule has 0 amide bonds. The number of aromatic nitrogens is 2. The number of hydrogen-bond donors (Lipinski definition) is 2. The minimum absolute atomic E-state index is 0.0948. The van der Waals surface area contributed by atoms with Crippen LogP contribution >= 0.6 is 0 Å². The van der Waals surface area contributed by atoms with E-state index in [-0.39, 0.29) is 6.04 Å². The fourth-order valence-electron chi connectivity index (χ4n) is 2.59. The van der Waals surface area contributed by atoms with Crippen molar-refractivity contribution in [1.29, 1.82) is 0 Å². The van der Waals surface area contributed by atoms with Crippen LogP contribution in [0.3, 0.4) is 0 Å². The van der Waals surface area contributed by atoms with Crippen molar-refractivity contribution in [3.05, 3.63) is 11.9 Å². The Bertz CT molecular complexity index is 398. The molecule has 5 nitrogen and oxygen atoms in total. The van der Waals surface area contributed by atoms with Crippen LogP contribution in [0, 0.1) is 11.8 Å². The molecule has 0 aromatic carbocycles. The van der Waals surface area contributed by atoms with E-state index < -0.39 is 0 Å². The summed E-state index contributed by atoms with van der Waals surface area (Å²) in [5.41, 5.74) is 4.02. The maximum atomic E-state index is 5.78. The molecule has 2 atom stereocenters. The lowest BCUT2D eigenvalue weighted by Gasteiger charge is -2.26. The molecule has 0 saturated heterocycles. The van der Waals surface area contributed by atoms with Crippen molar-refractivity contribution in [1.82, 2.24) is 15.2 Å². The normalized spacial score (nSPS) is 19.0. The van der Waals surface area contributed by atoms with Crippen molar-refractivity contribution in [3.63, 3.8) is 0 Å². The molecule has 0 radical (unpaired) electrons. The zero-order valence-electron chi connectivity index (χ0n) is 11.7. The molecule has 18 heavy (non-hydrogen) atoms. The summed E-state index contributed by atoms with van der Waals surface area (Å²) in [5, 5.41) is 4.41. The molecular formula is C13H24N4O. The fourth-order valence-corrected chi connectivity index (χ4v) is 2.59. The molecule has 3 N–H and O–H groups in total. The molecule has 2 unspecified atom stereocenters. The van der Waals surface area contributed by atoms with Crippen LogP contribution in [0.2, 0.25) is 0 Å². The van der Waals surface area contributed by atoms with Gasteiger partial charge in [-0.05, 0) is 38.5 Å². The molecule has 1 aromatic heterocycles. The quantitative estimate of drug-likeness (QED) is 0.600. The van der Waals surface area contributed by atoms with E-state index in [0.717, 1.165) is 17.4 Å². The van der Waals surface area contributed by atoms with E-state index >= 15 is 0 Å². The highest BCUT2D eigenvalue weighted by atomic mass is 16.5. The molecular weight excluding hydrogens is 228 g/mol. The van der Waals surface area contributed by atoms with Gasteiger partial charge in [-0.3, -0.25) is 16.0 Å². The first-order valence-corrected chi connectivity index (χ1v) is 6.67. The molecule has 0 spiro atoms. The molecule has 1 fully saturated rings. The molecule has 0 bridgehead atoms. The highest BCUT2D eigenvalue weighted by Gasteiger charge is 2.36. The topological polar surface area (TPSA) is 65.1 Å². The number of nitrogens with two attached hydrogens (primary N) is 1. The van der Waals surface area contributed by atoms with Gasteiger partial charge in [0, 0.05) is 6.04 Å². The van der Waals surface area contributed by atoms with E-state index in [4.69, 9.17) is 10.6 Å². The Hall–Kier alpha value is -1.07. The SMILES string of the molecule is COc1cnn(C(C)C)c1C(NN)C(C)C1CC1. The molecule has 1 aliphatic rings. The number of hydrazine groups is 1. The third-order valence-electron chi connectivity index (χ3n) is 3.87. The van der Waals surface area contributed by atoms with Gasteiger partial charge < -0.3 is 4.74 Å². The first-order valence-electron chi connectivity index (χ1n) is 6.67. The average Bonchev–Trinajstić information content (AvgIpc) is 3.10. The summed E-state index contributed by atoms with van der Waals surface area (Å²) in [6.45, 7) is 6.48. The lowest BCUT2D eigenvalue weighted by atomic mass is 9.94. The maximum absolute atomic E-state index is 5.78. The van der Waals surface area contributed by atoms with Gasteiger partial charge in [0.05, 0.1) is 25.0 Å². The second-order valence-corrected chi connectivity index (χ2v) is 5.48. The van der Waals surface area contributed by atoms with Crippen molar-refractivity contribution in [2.45, 2.75) is 45.7 Å². The lowest BCUT2D eigenvalue weighted by Crippen LogP contribution is -2.35. The third kappa shape index (κ3) is 2.37. The van der Waals surface area contributed by atoms with Gasteiger partial charge >= 0.3 is 0 Å². The summed E-state index contributed by atoms with van der Waals surface area (Å²) in [5.74, 6) is 7.86. The Morgan fingerprint density at radius 2 is 2.11 bits per heavy atom. The predicted octanol–water partition coefficient (Wildman–Crippen LogP) is 2.02. The molecule has 102 valence electrons. The lowest BCUT2D eigenvalue weighted by molar-refractivity contribution is 0.311. The Morgan fingerprint density at radius 3 is 2.56 bits per heavy atom. The van der Waals surface area contributed by atoms with Crippen LogP contribution in [0.25, 0.3) is 0 Å². The van der Waals surface area contributed by atoms with E-state index in [9.17, 15) is 0 Å². The standard InChI is InChI=1S/C13H24N4O/c1-8(2)17-13(11(18-4)7-15-17)12(16-14)9(3)10-5-6-10/h7-10,12,16H,5-6,14H2,1-4H3. The van der Waals surface area contributed by atoms with Gasteiger partial charge in [0.1, 0.15) is 0 Å². The molecule has 2 rings (SSSR count). The van der Waals surface area contributed by atoms with Crippen molar-refractivity contribution < 1.29 is 4.74 Å². The largest absolute Gasteiger partial charge is 0.493 e. The number of hydrogen-bond acceptors (Lipinski definition) is 4. The highest BCUT2D eigenvalue weighted by Crippen LogP contribution is 2.44. The zero-order chi connectivity index (χ0) is 13.3. The summed E-state index contributed by atoms with van der Waals surface area (Å²) in [6, 6.07) is 0.392. The van der Waals surface area contributed by atoms with Gasteiger partial charge in [-0.1, -0.05) is 6.92 Å². The Labute approximate surface area is 109 Å². The van der Waals surface area contributed by atoms with Crippen LogP contribution in [-0.4, -0.2) is 16.9 Å². The van der Waals surface area contributed by atoms with Crippen LogP contribution < -0.4 is 16.0 Å².